The lowest BCUT2D eigenvalue weighted by molar-refractivity contribution is -0.132. The minimum Gasteiger partial charge on any atom is -0.496 e. The second-order valence-electron chi connectivity index (χ2n) is 5.97. The van der Waals surface area contributed by atoms with Crippen LogP contribution in [0.4, 0.5) is 5.69 Å². The Hall–Kier alpha value is -1.86. The van der Waals surface area contributed by atoms with Crippen LogP contribution in [-0.4, -0.2) is 25.5 Å². The first-order chi connectivity index (χ1) is 12.5. The van der Waals surface area contributed by atoms with Gasteiger partial charge in [-0.3, -0.25) is 9.59 Å². The molecule has 5 nitrogen and oxygen atoms in total. The van der Waals surface area contributed by atoms with Crippen LogP contribution in [-0.2, 0) is 16.1 Å². The lowest BCUT2D eigenvalue weighted by Gasteiger charge is -2.18. The number of anilines is 1. The van der Waals surface area contributed by atoms with Crippen molar-refractivity contribution < 1.29 is 14.3 Å². The molecule has 0 radical (unpaired) electrons. The number of nitrogens with zero attached hydrogens (tertiary/aromatic N) is 1. The van der Waals surface area contributed by atoms with E-state index in [0.29, 0.717) is 19.5 Å². The van der Waals surface area contributed by atoms with Crippen molar-refractivity contribution in [1.29, 1.82) is 0 Å². The van der Waals surface area contributed by atoms with Gasteiger partial charge in [0.05, 0.1) is 17.3 Å². The molecule has 2 amide bonds. The minimum atomic E-state index is -0.649. The highest BCUT2D eigenvalue weighted by Gasteiger charge is 2.37. The number of ether oxygens (including phenoxy) is 1. The molecule has 1 atom stereocenters. The third-order valence-corrected chi connectivity index (χ3v) is 5.64. The Morgan fingerprint density at radius 1 is 1.23 bits per heavy atom. The van der Waals surface area contributed by atoms with Crippen molar-refractivity contribution in [3.8, 4) is 5.75 Å². The van der Waals surface area contributed by atoms with Gasteiger partial charge in [0.15, 0.2) is 0 Å². The molecule has 26 heavy (non-hydrogen) atoms. The van der Waals surface area contributed by atoms with Gasteiger partial charge in [0.25, 0.3) is 0 Å². The predicted octanol–water partition coefficient (Wildman–Crippen LogP) is 3.89. The fourth-order valence-corrected chi connectivity index (χ4v) is 4.05. The average Bonchev–Trinajstić information content (AvgIpc) is 3.01. The first-order valence-electron chi connectivity index (χ1n) is 8.17. The fraction of sp³-hybridized carbons (Fsp3) is 0.263. The number of halogens is 2. The molecule has 1 unspecified atom stereocenters. The number of nitrogens with one attached hydrogen (secondary N) is 1. The third kappa shape index (κ3) is 3.94. The summed E-state index contributed by atoms with van der Waals surface area (Å²) in [7, 11) is 1.60. The summed E-state index contributed by atoms with van der Waals surface area (Å²) in [6.45, 7) is 0.897. The zero-order chi connectivity index (χ0) is 18.7. The molecule has 1 heterocycles. The number of carbonyl (C=O) groups excluding carboxylic acids is 2. The van der Waals surface area contributed by atoms with Gasteiger partial charge in [-0.1, -0.05) is 18.2 Å². The molecule has 2 aromatic rings. The molecule has 0 bridgehead atoms. The van der Waals surface area contributed by atoms with Crippen molar-refractivity contribution in [3.63, 3.8) is 0 Å². The molecule has 0 spiro atoms. The van der Waals surface area contributed by atoms with Crippen molar-refractivity contribution in [2.24, 2.45) is 5.92 Å². The van der Waals surface area contributed by atoms with Crippen LogP contribution in [0.5, 0.6) is 5.75 Å². The van der Waals surface area contributed by atoms with Crippen LogP contribution >= 0.6 is 31.9 Å². The smallest absolute Gasteiger partial charge is 0.239 e. The zero-order valence-electron chi connectivity index (χ0n) is 14.2. The van der Waals surface area contributed by atoms with E-state index in [1.807, 2.05) is 42.5 Å². The van der Waals surface area contributed by atoms with Gasteiger partial charge in [0.1, 0.15) is 11.7 Å². The Labute approximate surface area is 169 Å². The largest absolute Gasteiger partial charge is 0.496 e. The summed E-state index contributed by atoms with van der Waals surface area (Å²) in [5.41, 5.74) is 1.73. The second kappa shape index (κ2) is 8.22. The highest BCUT2D eigenvalue weighted by molar-refractivity contribution is 9.11. The highest BCUT2D eigenvalue weighted by atomic mass is 79.9. The van der Waals surface area contributed by atoms with Crippen LogP contribution in [0, 0.1) is 5.92 Å². The van der Waals surface area contributed by atoms with Gasteiger partial charge in [0.2, 0.25) is 11.8 Å². The number of carbonyl (C=O) groups is 2. The van der Waals surface area contributed by atoms with Crippen molar-refractivity contribution in [3.05, 3.63) is 57.0 Å². The summed E-state index contributed by atoms with van der Waals surface area (Å²) in [4.78, 5) is 26.8. The quantitative estimate of drug-likeness (QED) is 0.659. The number of benzene rings is 2. The monoisotopic (exact) mass is 480 g/mol. The molecule has 7 heteroatoms. The summed E-state index contributed by atoms with van der Waals surface area (Å²) in [6.07, 6.45) is 0.512. The van der Waals surface area contributed by atoms with E-state index in [4.69, 9.17) is 4.74 Å². The van der Waals surface area contributed by atoms with E-state index < -0.39 is 5.92 Å². The van der Waals surface area contributed by atoms with Crippen LogP contribution in [0.3, 0.4) is 0 Å². The summed E-state index contributed by atoms with van der Waals surface area (Å²) in [6, 6.07) is 13.1. The van der Waals surface area contributed by atoms with Crippen molar-refractivity contribution in [2.45, 2.75) is 13.0 Å². The maximum atomic E-state index is 12.7. The predicted molar refractivity (Wildman–Crippen MR) is 107 cm³/mol. The number of hydrogen-bond acceptors (Lipinski definition) is 3. The first-order valence-corrected chi connectivity index (χ1v) is 9.76. The van der Waals surface area contributed by atoms with Gasteiger partial charge in [-0.15, -0.1) is 0 Å². The molecule has 1 saturated heterocycles. The Balaban J connectivity index is 1.63. The minimum absolute atomic E-state index is 0.162. The van der Waals surface area contributed by atoms with E-state index >= 15 is 0 Å². The molecule has 1 N–H and O–H groups in total. The Morgan fingerprint density at radius 2 is 2.00 bits per heavy atom. The summed E-state index contributed by atoms with van der Waals surface area (Å²) in [5.74, 6) is -0.319. The van der Waals surface area contributed by atoms with Crippen LogP contribution in [0.15, 0.2) is 51.4 Å². The maximum absolute atomic E-state index is 12.7. The number of methoxy groups -OCH3 is 1. The molecule has 3 rings (SSSR count). The maximum Gasteiger partial charge on any atom is 0.239 e. The normalized spacial score (nSPS) is 16.7. The van der Waals surface area contributed by atoms with Crippen LogP contribution in [0.1, 0.15) is 12.0 Å². The first kappa shape index (κ1) is 18.9. The van der Waals surface area contributed by atoms with E-state index in [2.05, 4.69) is 37.2 Å². The molecule has 1 aliphatic heterocycles. The molecule has 2 aromatic carbocycles. The fourth-order valence-electron chi connectivity index (χ4n) is 2.97. The SMILES string of the molecule is COc1ccc(CNC(=O)C2CCN(c3ccccc3Br)C2=O)cc1Br. The summed E-state index contributed by atoms with van der Waals surface area (Å²) >= 11 is 6.89. The molecule has 0 saturated carbocycles. The van der Waals surface area contributed by atoms with Gasteiger partial charge in [0, 0.05) is 17.6 Å². The van der Waals surface area contributed by atoms with Crippen LogP contribution < -0.4 is 15.0 Å². The zero-order valence-corrected chi connectivity index (χ0v) is 17.3. The van der Waals surface area contributed by atoms with Crippen LogP contribution in [0.2, 0.25) is 0 Å². The van der Waals surface area contributed by atoms with Gasteiger partial charge in [-0.2, -0.15) is 0 Å². The van der Waals surface area contributed by atoms with Gasteiger partial charge < -0.3 is 15.0 Å². The van der Waals surface area contributed by atoms with E-state index in [0.717, 1.165) is 25.9 Å². The summed E-state index contributed by atoms with van der Waals surface area (Å²) in [5, 5.41) is 2.86. The van der Waals surface area contributed by atoms with Crippen LogP contribution in [0.25, 0.3) is 0 Å². The van der Waals surface area contributed by atoms with Gasteiger partial charge in [-0.05, 0) is 68.1 Å². The topological polar surface area (TPSA) is 58.6 Å². The number of amides is 2. The number of para-hydroxylation sites is 1. The van der Waals surface area contributed by atoms with E-state index in [1.54, 1.807) is 12.0 Å². The Morgan fingerprint density at radius 3 is 2.69 bits per heavy atom. The Bertz CT molecular complexity index is 841. The molecular weight excluding hydrogens is 464 g/mol. The second-order valence-corrected chi connectivity index (χ2v) is 7.68. The van der Waals surface area contributed by atoms with Gasteiger partial charge in [-0.25, -0.2) is 0 Å². The van der Waals surface area contributed by atoms with Crippen molar-refractivity contribution in [1.82, 2.24) is 5.32 Å². The molecule has 136 valence electrons. The molecule has 1 fully saturated rings. The lowest BCUT2D eigenvalue weighted by Crippen LogP contribution is -2.36. The summed E-state index contributed by atoms with van der Waals surface area (Å²) < 4.78 is 6.86. The molecule has 1 aliphatic rings. The van der Waals surface area contributed by atoms with E-state index in [9.17, 15) is 9.59 Å². The van der Waals surface area contributed by atoms with Crippen molar-refractivity contribution in [2.75, 3.05) is 18.6 Å². The Kier molecular flexibility index (Phi) is 5.98. The van der Waals surface area contributed by atoms with E-state index in [1.165, 1.54) is 0 Å². The van der Waals surface area contributed by atoms with Crippen molar-refractivity contribution >= 4 is 49.4 Å². The highest BCUT2D eigenvalue weighted by Crippen LogP contribution is 2.31. The standard InChI is InChI=1S/C19H18Br2N2O3/c1-26-17-7-6-12(10-15(17)21)11-22-18(24)13-8-9-23(19(13)25)16-5-3-2-4-14(16)20/h2-7,10,13H,8-9,11H2,1H3,(H,22,24). The molecule has 0 aromatic heterocycles. The van der Waals surface area contributed by atoms with Gasteiger partial charge >= 0.3 is 0 Å². The molecular formula is C19H18Br2N2O3. The average molecular weight is 482 g/mol. The number of rotatable bonds is 5. The molecule has 0 aliphatic carbocycles. The lowest BCUT2D eigenvalue weighted by atomic mass is 10.1. The van der Waals surface area contributed by atoms with E-state index in [-0.39, 0.29) is 11.8 Å². The third-order valence-electron chi connectivity index (χ3n) is 4.35. The number of hydrogen-bond donors (Lipinski definition) is 1.